The fourth-order valence-electron chi connectivity index (χ4n) is 1.94. The van der Waals surface area contributed by atoms with Crippen LogP contribution in [-0.2, 0) is 4.79 Å². The molecule has 0 saturated heterocycles. The first-order valence-corrected chi connectivity index (χ1v) is 8.21. The van der Waals surface area contributed by atoms with Gasteiger partial charge in [-0.1, -0.05) is 26.0 Å². The van der Waals surface area contributed by atoms with Gasteiger partial charge in [0, 0.05) is 11.6 Å². The van der Waals surface area contributed by atoms with Crippen LogP contribution in [0.3, 0.4) is 0 Å². The van der Waals surface area contributed by atoms with Crippen LogP contribution < -0.4 is 15.6 Å². The molecular formula is C20H21FN2O3. The number of halogens is 1. The Morgan fingerprint density at radius 2 is 1.69 bits per heavy atom. The number of carbonyl (C=O) groups excluding carboxylic acids is 2. The Balaban J connectivity index is 1.81. The van der Waals surface area contributed by atoms with Crippen molar-refractivity contribution in [2.24, 2.45) is 5.92 Å². The lowest BCUT2D eigenvalue weighted by molar-refractivity contribution is -0.117. The molecule has 0 radical (unpaired) electrons. The molecule has 0 aliphatic rings. The Labute approximate surface area is 151 Å². The van der Waals surface area contributed by atoms with Gasteiger partial charge in [0.25, 0.3) is 11.8 Å². The van der Waals surface area contributed by atoms with E-state index in [1.54, 1.807) is 36.4 Å². The van der Waals surface area contributed by atoms with Crippen LogP contribution in [0.15, 0.2) is 54.6 Å². The highest BCUT2D eigenvalue weighted by Gasteiger charge is 2.06. The molecule has 5 nitrogen and oxygen atoms in total. The van der Waals surface area contributed by atoms with Gasteiger partial charge in [0.05, 0.1) is 6.61 Å². The van der Waals surface area contributed by atoms with E-state index < -0.39 is 11.8 Å². The van der Waals surface area contributed by atoms with Crippen LogP contribution in [0.5, 0.6) is 5.75 Å². The predicted octanol–water partition coefficient (Wildman–Crippen LogP) is 3.33. The van der Waals surface area contributed by atoms with Gasteiger partial charge in [-0.15, -0.1) is 0 Å². The number of hydrogen-bond acceptors (Lipinski definition) is 3. The van der Waals surface area contributed by atoms with E-state index in [0.717, 1.165) is 0 Å². The molecule has 6 heteroatoms. The van der Waals surface area contributed by atoms with Crippen molar-refractivity contribution < 1.29 is 18.7 Å². The summed E-state index contributed by atoms with van der Waals surface area (Å²) in [5, 5.41) is 0. The van der Waals surface area contributed by atoms with E-state index in [2.05, 4.69) is 24.7 Å². The van der Waals surface area contributed by atoms with Crippen molar-refractivity contribution in [2.45, 2.75) is 13.8 Å². The molecule has 0 atom stereocenters. The van der Waals surface area contributed by atoms with Crippen LogP contribution >= 0.6 is 0 Å². The molecular weight excluding hydrogens is 335 g/mol. The van der Waals surface area contributed by atoms with Crippen molar-refractivity contribution in [1.29, 1.82) is 0 Å². The van der Waals surface area contributed by atoms with Crippen LogP contribution in [-0.4, -0.2) is 18.4 Å². The normalized spacial score (nSPS) is 10.8. The Kier molecular flexibility index (Phi) is 6.91. The van der Waals surface area contributed by atoms with Gasteiger partial charge in [0.1, 0.15) is 11.6 Å². The molecule has 2 N–H and O–H groups in total. The number of amides is 2. The van der Waals surface area contributed by atoms with E-state index in [9.17, 15) is 14.0 Å². The van der Waals surface area contributed by atoms with Gasteiger partial charge >= 0.3 is 0 Å². The molecule has 0 aliphatic carbocycles. The Bertz CT molecular complexity index is 769. The van der Waals surface area contributed by atoms with Gasteiger partial charge in [-0.3, -0.25) is 20.4 Å². The minimum Gasteiger partial charge on any atom is -0.493 e. The van der Waals surface area contributed by atoms with Crippen molar-refractivity contribution in [3.8, 4) is 5.75 Å². The van der Waals surface area contributed by atoms with Crippen molar-refractivity contribution in [3.63, 3.8) is 0 Å². The van der Waals surface area contributed by atoms with Crippen LogP contribution in [0.25, 0.3) is 6.08 Å². The van der Waals surface area contributed by atoms with Crippen molar-refractivity contribution in [2.75, 3.05) is 6.61 Å². The molecule has 2 aromatic rings. The number of rotatable bonds is 6. The van der Waals surface area contributed by atoms with E-state index in [1.807, 2.05) is 0 Å². The molecule has 0 aromatic heterocycles. The summed E-state index contributed by atoms with van der Waals surface area (Å²) in [5.74, 6) is -0.194. The van der Waals surface area contributed by atoms with Gasteiger partial charge < -0.3 is 4.74 Å². The van der Waals surface area contributed by atoms with E-state index in [4.69, 9.17) is 4.74 Å². The molecule has 26 heavy (non-hydrogen) atoms. The monoisotopic (exact) mass is 356 g/mol. The molecule has 2 aromatic carbocycles. The van der Waals surface area contributed by atoms with Gasteiger partial charge in [-0.05, 0) is 54.0 Å². The lowest BCUT2D eigenvalue weighted by Gasteiger charge is -2.09. The number of carbonyl (C=O) groups is 2. The first kappa shape index (κ1) is 19.2. The highest BCUT2D eigenvalue weighted by molar-refractivity contribution is 5.97. The fraction of sp³-hybridized carbons (Fsp3) is 0.200. The third-order valence-electron chi connectivity index (χ3n) is 3.30. The second-order valence-corrected chi connectivity index (χ2v) is 6.06. The van der Waals surface area contributed by atoms with Gasteiger partial charge in [-0.25, -0.2) is 4.39 Å². The highest BCUT2D eigenvalue weighted by Crippen LogP contribution is 2.13. The number of hydrazine groups is 1. The standard InChI is InChI=1S/C20H21FN2O3/c1-14(2)13-26-18-10-6-16(7-11-18)20(25)23-22-19(24)12-5-15-3-8-17(21)9-4-15/h3-12,14H,13H2,1-2H3,(H,22,24)(H,23,25). The molecule has 0 bridgehead atoms. The van der Waals surface area contributed by atoms with Crippen LogP contribution in [0.2, 0.25) is 0 Å². The van der Waals surface area contributed by atoms with Crippen molar-refractivity contribution >= 4 is 17.9 Å². The van der Waals surface area contributed by atoms with Gasteiger partial charge in [-0.2, -0.15) is 0 Å². The van der Waals surface area contributed by atoms with Crippen LogP contribution in [0.1, 0.15) is 29.8 Å². The number of benzene rings is 2. The van der Waals surface area contributed by atoms with Crippen LogP contribution in [0, 0.1) is 11.7 Å². The maximum atomic E-state index is 12.8. The third kappa shape index (κ3) is 6.39. The molecule has 0 fully saturated rings. The molecule has 2 amide bonds. The average molecular weight is 356 g/mol. The first-order chi connectivity index (χ1) is 12.4. The zero-order chi connectivity index (χ0) is 18.9. The summed E-state index contributed by atoms with van der Waals surface area (Å²) in [5.41, 5.74) is 5.67. The lowest BCUT2D eigenvalue weighted by atomic mass is 10.2. The summed E-state index contributed by atoms with van der Waals surface area (Å²) >= 11 is 0. The van der Waals surface area contributed by atoms with E-state index in [0.29, 0.717) is 29.4 Å². The Morgan fingerprint density at radius 3 is 2.31 bits per heavy atom. The summed E-state index contributed by atoms with van der Waals surface area (Å²) < 4.78 is 18.3. The van der Waals surface area contributed by atoms with Crippen molar-refractivity contribution in [3.05, 3.63) is 71.6 Å². The largest absolute Gasteiger partial charge is 0.493 e. The Morgan fingerprint density at radius 1 is 1.04 bits per heavy atom. The zero-order valence-electron chi connectivity index (χ0n) is 14.7. The molecule has 136 valence electrons. The summed E-state index contributed by atoms with van der Waals surface area (Å²) in [6.07, 6.45) is 2.76. The Hall–Kier alpha value is -3.15. The summed E-state index contributed by atoms with van der Waals surface area (Å²) in [6.45, 7) is 4.70. The fourth-order valence-corrected chi connectivity index (χ4v) is 1.94. The van der Waals surface area contributed by atoms with Crippen LogP contribution in [0.4, 0.5) is 4.39 Å². The number of ether oxygens (including phenoxy) is 1. The topological polar surface area (TPSA) is 67.4 Å². The average Bonchev–Trinajstić information content (AvgIpc) is 2.64. The maximum absolute atomic E-state index is 12.8. The van der Waals surface area contributed by atoms with Gasteiger partial charge in [0.2, 0.25) is 0 Å². The third-order valence-corrected chi connectivity index (χ3v) is 3.30. The van der Waals surface area contributed by atoms with E-state index in [1.165, 1.54) is 24.3 Å². The second kappa shape index (κ2) is 9.36. The predicted molar refractivity (Wildman–Crippen MR) is 97.8 cm³/mol. The molecule has 0 saturated carbocycles. The van der Waals surface area contributed by atoms with E-state index >= 15 is 0 Å². The maximum Gasteiger partial charge on any atom is 0.269 e. The molecule has 0 spiro atoms. The first-order valence-electron chi connectivity index (χ1n) is 8.21. The summed E-state index contributed by atoms with van der Waals surface area (Å²) in [7, 11) is 0. The summed E-state index contributed by atoms with van der Waals surface area (Å²) in [6, 6.07) is 12.3. The smallest absolute Gasteiger partial charge is 0.269 e. The zero-order valence-corrected chi connectivity index (χ0v) is 14.7. The molecule has 0 aliphatic heterocycles. The quantitative estimate of drug-likeness (QED) is 0.616. The summed E-state index contributed by atoms with van der Waals surface area (Å²) in [4.78, 5) is 23.7. The molecule has 0 unspecified atom stereocenters. The minimum absolute atomic E-state index is 0.348. The van der Waals surface area contributed by atoms with E-state index in [-0.39, 0.29) is 5.82 Å². The molecule has 2 rings (SSSR count). The number of nitrogens with one attached hydrogen (secondary N) is 2. The number of hydrogen-bond donors (Lipinski definition) is 2. The van der Waals surface area contributed by atoms with Crippen molar-refractivity contribution in [1.82, 2.24) is 10.9 Å². The molecule has 0 heterocycles. The highest BCUT2D eigenvalue weighted by atomic mass is 19.1. The second-order valence-electron chi connectivity index (χ2n) is 6.06. The minimum atomic E-state index is -0.500. The lowest BCUT2D eigenvalue weighted by Crippen LogP contribution is -2.40. The SMILES string of the molecule is CC(C)COc1ccc(C(=O)NNC(=O)C=Cc2ccc(F)cc2)cc1. The van der Waals surface area contributed by atoms with Gasteiger partial charge in [0.15, 0.2) is 0 Å².